The van der Waals surface area contributed by atoms with Gasteiger partial charge in [0, 0.05) is 5.69 Å². The van der Waals surface area contributed by atoms with Crippen LogP contribution < -0.4 is 5.32 Å². The van der Waals surface area contributed by atoms with Gasteiger partial charge in [-0.3, -0.25) is 0 Å². The summed E-state index contributed by atoms with van der Waals surface area (Å²) in [5, 5.41) is 13.2. The summed E-state index contributed by atoms with van der Waals surface area (Å²) in [4.78, 5) is 0. The van der Waals surface area contributed by atoms with Crippen molar-refractivity contribution in [1.29, 1.82) is 5.26 Å². The molecular weight excluding hydrogens is 256 g/mol. The van der Waals surface area contributed by atoms with Gasteiger partial charge in [-0.2, -0.15) is 5.26 Å². The van der Waals surface area contributed by atoms with Gasteiger partial charge in [0.2, 0.25) is 0 Å². The zero-order chi connectivity index (χ0) is 15.1. The molecule has 0 aromatic heterocycles. The molecule has 1 N–H and O–H groups in total. The second-order valence-corrected chi connectivity index (χ2v) is 5.38. The molecule has 0 saturated heterocycles. The standard InChI is InChI=1S/C19H20N2/c1-3-14-19(2,15-20)18(16-10-6-4-7-11-16)21-17-12-8-5-9-13-17/h3-13,18,21H,1,14H2,2H3/t18-,19-/m0/s1. The lowest BCUT2D eigenvalue weighted by atomic mass is 9.77. The number of benzene rings is 2. The number of nitrogens with zero attached hydrogens (tertiary/aromatic N) is 1. The number of allylic oxidation sites excluding steroid dienone is 1. The molecule has 0 saturated carbocycles. The van der Waals surface area contributed by atoms with Crippen LogP contribution in [0.4, 0.5) is 5.69 Å². The van der Waals surface area contributed by atoms with Crippen LogP contribution in [-0.4, -0.2) is 0 Å². The summed E-state index contributed by atoms with van der Waals surface area (Å²) in [5.41, 5.74) is 1.56. The molecule has 2 heteroatoms. The molecule has 0 aliphatic heterocycles. The van der Waals surface area contributed by atoms with Crippen LogP contribution in [0.25, 0.3) is 0 Å². The van der Waals surface area contributed by atoms with E-state index >= 15 is 0 Å². The van der Waals surface area contributed by atoms with Crippen LogP contribution in [0.15, 0.2) is 73.3 Å². The van der Waals surface area contributed by atoms with Gasteiger partial charge in [-0.15, -0.1) is 6.58 Å². The van der Waals surface area contributed by atoms with E-state index in [1.54, 1.807) is 0 Å². The molecule has 21 heavy (non-hydrogen) atoms. The summed E-state index contributed by atoms with van der Waals surface area (Å²) in [7, 11) is 0. The van der Waals surface area contributed by atoms with Crippen LogP contribution in [0, 0.1) is 16.7 Å². The van der Waals surface area contributed by atoms with Crippen LogP contribution in [0.3, 0.4) is 0 Å². The largest absolute Gasteiger partial charge is 0.377 e. The number of nitriles is 1. The molecule has 2 aromatic rings. The van der Waals surface area contributed by atoms with Gasteiger partial charge in [0.25, 0.3) is 0 Å². The first-order valence-corrected chi connectivity index (χ1v) is 7.08. The van der Waals surface area contributed by atoms with E-state index in [0.717, 1.165) is 11.3 Å². The Morgan fingerprint density at radius 2 is 1.71 bits per heavy atom. The van der Waals surface area contributed by atoms with E-state index < -0.39 is 5.41 Å². The Hall–Kier alpha value is -2.53. The van der Waals surface area contributed by atoms with Crippen molar-refractivity contribution in [3.63, 3.8) is 0 Å². The number of hydrogen-bond donors (Lipinski definition) is 1. The van der Waals surface area contributed by atoms with Crippen LogP contribution in [0.2, 0.25) is 0 Å². The Morgan fingerprint density at radius 1 is 1.14 bits per heavy atom. The van der Waals surface area contributed by atoms with Gasteiger partial charge in [0.1, 0.15) is 0 Å². The van der Waals surface area contributed by atoms with Gasteiger partial charge >= 0.3 is 0 Å². The van der Waals surface area contributed by atoms with E-state index in [2.05, 4.69) is 30.1 Å². The van der Waals surface area contributed by atoms with Gasteiger partial charge in [-0.05, 0) is 31.0 Å². The molecule has 0 bridgehead atoms. The van der Waals surface area contributed by atoms with Crippen molar-refractivity contribution >= 4 is 5.69 Å². The predicted molar refractivity (Wildman–Crippen MR) is 87.8 cm³/mol. The Balaban J connectivity index is 2.40. The first-order chi connectivity index (χ1) is 10.2. The molecule has 0 amide bonds. The molecule has 0 aliphatic rings. The molecule has 0 spiro atoms. The summed E-state index contributed by atoms with van der Waals surface area (Å²) in [6.45, 7) is 5.77. The monoisotopic (exact) mass is 276 g/mol. The second-order valence-electron chi connectivity index (χ2n) is 5.38. The molecule has 0 heterocycles. The van der Waals surface area contributed by atoms with Gasteiger partial charge in [-0.25, -0.2) is 0 Å². The Morgan fingerprint density at radius 3 is 2.24 bits per heavy atom. The average Bonchev–Trinajstić information content (AvgIpc) is 2.54. The fraction of sp³-hybridized carbons (Fsp3) is 0.211. The Bertz CT molecular complexity index is 613. The maximum Gasteiger partial charge on any atom is 0.0822 e. The van der Waals surface area contributed by atoms with Gasteiger partial charge in [0.05, 0.1) is 17.5 Å². The molecule has 106 valence electrons. The lowest BCUT2D eigenvalue weighted by molar-refractivity contribution is 0.380. The summed E-state index contributed by atoms with van der Waals surface area (Å²) < 4.78 is 0. The first kappa shape index (κ1) is 14.9. The van der Waals surface area contributed by atoms with Gasteiger partial charge in [0.15, 0.2) is 0 Å². The number of anilines is 1. The van der Waals surface area contributed by atoms with Crippen molar-refractivity contribution in [2.75, 3.05) is 5.32 Å². The second kappa shape index (κ2) is 6.76. The minimum Gasteiger partial charge on any atom is -0.377 e. The highest BCUT2D eigenvalue weighted by Crippen LogP contribution is 2.39. The highest BCUT2D eigenvalue weighted by atomic mass is 14.9. The predicted octanol–water partition coefficient (Wildman–Crippen LogP) is 4.95. The zero-order valence-electron chi connectivity index (χ0n) is 12.3. The molecule has 2 aromatic carbocycles. The first-order valence-electron chi connectivity index (χ1n) is 7.08. The van der Waals surface area contributed by atoms with Crippen molar-refractivity contribution in [2.45, 2.75) is 19.4 Å². The Kier molecular flexibility index (Phi) is 4.79. The third-order valence-electron chi connectivity index (χ3n) is 3.68. The van der Waals surface area contributed by atoms with Crippen LogP contribution in [0.1, 0.15) is 24.9 Å². The highest BCUT2D eigenvalue weighted by molar-refractivity contribution is 5.46. The highest BCUT2D eigenvalue weighted by Gasteiger charge is 2.34. The lowest BCUT2D eigenvalue weighted by Gasteiger charge is -2.33. The van der Waals surface area contributed by atoms with Crippen LogP contribution >= 0.6 is 0 Å². The summed E-state index contributed by atoms with van der Waals surface area (Å²) in [6, 6.07) is 22.5. The number of hydrogen-bond acceptors (Lipinski definition) is 2. The number of para-hydroxylation sites is 1. The molecule has 0 aliphatic carbocycles. The quantitative estimate of drug-likeness (QED) is 0.758. The fourth-order valence-electron chi connectivity index (χ4n) is 2.48. The zero-order valence-corrected chi connectivity index (χ0v) is 12.3. The van der Waals surface area contributed by atoms with E-state index in [1.165, 1.54) is 0 Å². The van der Waals surface area contributed by atoms with Crippen molar-refractivity contribution in [2.24, 2.45) is 5.41 Å². The maximum atomic E-state index is 9.69. The Labute approximate surface area is 126 Å². The molecule has 0 fully saturated rings. The fourth-order valence-corrected chi connectivity index (χ4v) is 2.48. The third-order valence-corrected chi connectivity index (χ3v) is 3.68. The summed E-state index contributed by atoms with van der Waals surface area (Å²) in [5.74, 6) is 0. The SMILES string of the molecule is C=CC[C@@](C)(C#N)[C@@H](Nc1ccccc1)c1ccccc1. The van der Waals surface area contributed by atoms with E-state index in [0.29, 0.717) is 6.42 Å². The summed E-state index contributed by atoms with van der Waals surface area (Å²) >= 11 is 0. The average molecular weight is 276 g/mol. The van der Waals surface area contributed by atoms with Crippen LogP contribution in [-0.2, 0) is 0 Å². The molecule has 2 atom stereocenters. The number of rotatable bonds is 6. The van der Waals surface area contributed by atoms with Crippen molar-refractivity contribution in [3.05, 3.63) is 78.9 Å². The topological polar surface area (TPSA) is 35.8 Å². The molecule has 2 nitrogen and oxygen atoms in total. The van der Waals surface area contributed by atoms with Crippen molar-refractivity contribution < 1.29 is 0 Å². The summed E-state index contributed by atoms with van der Waals surface area (Å²) in [6.07, 6.45) is 2.44. The number of nitrogens with one attached hydrogen (secondary N) is 1. The van der Waals surface area contributed by atoms with E-state index in [4.69, 9.17) is 0 Å². The van der Waals surface area contributed by atoms with E-state index in [1.807, 2.05) is 61.5 Å². The third kappa shape index (κ3) is 3.52. The van der Waals surface area contributed by atoms with Gasteiger partial charge in [-0.1, -0.05) is 54.6 Å². The minimum atomic E-state index is -0.557. The molecule has 2 rings (SSSR count). The molecule has 0 unspecified atom stereocenters. The van der Waals surface area contributed by atoms with Crippen LogP contribution in [0.5, 0.6) is 0 Å². The normalized spacial score (nSPS) is 14.5. The van der Waals surface area contributed by atoms with Crippen molar-refractivity contribution in [3.8, 4) is 6.07 Å². The molecule has 0 radical (unpaired) electrons. The van der Waals surface area contributed by atoms with Gasteiger partial charge < -0.3 is 5.32 Å². The van der Waals surface area contributed by atoms with E-state index in [9.17, 15) is 5.26 Å². The smallest absolute Gasteiger partial charge is 0.0822 e. The minimum absolute atomic E-state index is 0.0934. The van der Waals surface area contributed by atoms with E-state index in [-0.39, 0.29) is 6.04 Å². The maximum absolute atomic E-state index is 9.69. The van der Waals surface area contributed by atoms with Crippen molar-refractivity contribution in [1.82, 2.24) is 0 Å². The lowest BCUT2D eigenvalue weighted by Crippen LogP contribution is -2.29. The molecular formula is C19H20N2.